The summed E-state index contributed by atoms with van der Waals surface area (Å²) < 4.78 is 22.3. The van der Waals surface area contributed by atoms with Crippen molar-refractivity contribution in [3.05, 3.63) is 86.7 Å². The Balaban J connectivity index is 1.80. The van der Waals surface area contributed by atoms with E-state index in [1.807, 2.05) is 31.2 Å². The molecule has 0 aliphatic heterocycles. The first-order valence-corrected chi connectivity index (χ1v) is 9.92. The van der Waals surface area contributed by atoms with Crippen LogP contribution in [0.25, 0.3) is 16.6 Å². The van der Waals surface area contributed by atoms with Gasteiger partial charge in [0.1, 0.15) is 17.1 Å². The van der Waals surface area contributed by atoms with Gasteiger partial charge in [0.15, 0.2) is 0 Å². The van der Waals surface area contributed by atoms with Crippen molar-refractivity contribution in [1.82, 2.24) is 19.6 Å². The van der Waals surface area contributed by atoms with Crippen molar-refractivity contribution in [2.45, 2.75) is 20.4 Å². The highest BCUT2D eigenvalue weighted by Crippen LogP contribution is 2.22. The van der Waals surface area contributed by atoms with Crippen molar-refractivity contribution in [1.29, 1.82) is 0 Å². The first kappa shape index (κ1) is 20.7. The zero-order valence-corrected chi connectivity index (χ0v) is 17.6. The summed E-state index contributed by atoms with van der Waals surface area (Å²) in [6.07, 6.45) is 3.12. The normalized spacial score (nSPS) is 11.1. The molecule has 4 rings (SSSR count). The molecule has 0 bridgehead atoms. The zero-order valence-electron chi connectivity index (χ0n) is 16.8. The Labute approximate surface area is 181 Å². The lowest BCUT2D eigenvalue weighted by Gasteiger charge is -2.12. The molecule has 0 fully saturated rings. The van der Waals surface area contributed by atoms with Crippen molar-refractivity contribution in [3.8, 4) is 5.69 Å². The van der Waals surface area contributed by atoms with E-state index in [9.17, 15) is 14.0 Å². The third-order valence-corrected chi connectivity index (χ3v) is 5.08. The van der Waals surface area contributed by atoms with Gasteiger partial charge in [-0.15, -0.1) is 5.10 Å². The highest BCUT2D eigenvalue weighted by atomic mass is 35.5. The van der Waals surface area contributed by atoms with Gasteiger partial charge in [0.25, 0.3) is 0 Å². The van der Waals surface area contributed by atoms with Gasteiger partial charge in [0, 0.05) is 11.6 Å². The third kappa shape index (κ3) is 4.06. The van der Waals surface area contributed by atoms with Crippen LogP contribution in [0, 0.1) is 12.7 Å². The Bertz CT molecular complexity index is 1350. The third-order valence-electron chi connectivity index (χ3n) is 4.79. The molecule has 0 atom stereocenters. The average molecular weight is 441 g/mol. The van der Waals surface area contributed by atoms with Gasteiger partial charge in [0.2, 0.25) is 5.43 Å². The molecular formula is C22H18ClFN4O3. The minimum atomic E-state index is -0.776. The molecule has 9 heteroatoms. The predicted molar refractivity (Wildman–Crippen MR) is 114 cm³/mol. The van der Waals surface area contributed by atoms with Crippen LogP contribution in [0.2, 0.25) is 5.02 Å². The Kier molecular flexibility index (Phi) is 5.56. The summed E-state index contributed by atoms with van der Waals surface area (Å²) in [4.78, 5) is 25.1. The van der Waals surface area contributed by atoms with E-state index in [0.29, 0.717) is 11.2 Å². The lowest BCUT2D eigenvalue weighted by Crippen LogP contribution is -2.21. The number of pyridine rings is 1. The van der Waals surface area contributed by atoms with E-state index in [2.05, 4.69) is 10.3 Å². The number of benzene rings is 2. The second kappa shape index (κ2) is 8.31. The summed E-state index contributed by atoms with van der Waals surface area (Å²) in [5.41, 5.74) is 2.09. The van der Waals surface area contributed by atoms with Gasteiger partial charge in [-0.25, -0.2) is 13.9 Å². The van der Waals surface area contributed by atoms with E-state index < -0.39 is 17.2 Å². The molecule has 7 nitrogen and oxygen atoms in total. The number of rotatable bonds is 5. The van der Waals surface area contributed by atoms with E-state index >= 15 is 0 Å². The summed E-state index contributed by atoms with van der Waals surface area (Å²) in [6, 6.07) is 10.2. The first-order chi connectivity index (χ1) is 14.9. The molecule has 2 aromatic carbocycles. The molecule has 0 aliphatic rings. The molecule has 31 heavy (non-hydrogen) atoms. The van der Waals surface area contributed by atoms with Crippen molar-refractivity contribution in [2.24, 2.45) is 0 Å². The summed E-state index contributed by atoms with van der Waals surface area (Å²) in [7, 11) is 0. The number of esters is 1. The van der Waals surface area contributed by atoms with Gasteiger partial charge >= 0.3 is 5.97 Å². The first-order valence-electron chi connectivity index (χ1n) is 9.55. The molecule has 2 heterocycles. The number of halogens is 2. The molecule has 158 valence electrons. The number of carbonyl (C=O) groups is 1. The number of ether oxygens (including phenoxy) is 1. The van der Waals surface area contributed by atoms with Crippen molar-refractivity contribution >= 4 is 28.5 Å². The molecule has 4 aromatic rings. The Morgan fingerprint density at radius 3 is 2.65 bits per heavy atom. The Morgan fingerprint density at radius 2 is 1.94 bits per heavy atom. The van der Waals surface area contributed by atoms with E-state index in [1.165, 1.54) is 12.3 Å². The topological polar surface area (TPSA) is 79.0 Å². The molecule has 0 saturated heterocycles. The van der Waals surface area contributed by atoms with Crippen LogP contribution in [-0.4, -0.2) is 32.1 Å². The van der Waals surface area contributed by atoms with Gasteiger partial charge in [-0.05, 0) is 38.1 Å². The van der Waals surface area contributed by atoms with Gasteiger partial charge in [-0.3, -0.25) is 4.79 Å². The summed E-state index contributed by atoms with van der Waals surface area (Å²) in [5.74, 6) is -1.52. The SMILES string of the molecule is CCOC(=O)c1cn(Cc2cn(-c3ccc(C)cc3)nn2)c2cc(Cl)c(F)cc2c1=O. The smallest absolute Gasteiger partial charge is 0.343 e. The quantitative estimate of drug-likeness (QED) is 0.440. The molecule has 0 saturated carbocycles. The van der Waals surface area contributed by atoms with Crippen molar-refractivity contribution < 1.29 is 13.9 Å². The largest absolute Gasteiger partial charge is 0.462 e. The molecule has 0 N–H and O–H groups in total. The number of aryl methyl sites for hydroxylation is 1. The standard InChI is InChI=1S/C22H18ClFN4O3/c1-3-31-22(30)17-12-27(20-9-18(23)19(24)8-16(20)21(17)29)10-14-11-28(26-25-14)15-6-4-13(2)5-7-15/h4-9,11-12H,3,10H2,1-2H3. The second-order valence-electron chi connectivity index (χ2n) is 6.99. The number of fused-ring (bicyclic) bond motifs is 1. The van der Waals surface area contributed by atoms with Crippen LogP contribution in [0.3, 0.4) is 0 Å². The lowest BCUT2D eigenvalue weighted by atomic mass is 10.1. The number of carbonyl (C=O) groups excluding carboxylic acids is 1. The molecule has 0 aliphatic carbocycles. The highest BCUT2D eigenvalue weighted by Gasteiger charge is 2.19. The minimum Gasteiger partial charge on any atom is -0.462 e. The monoisotopic (exact) mass is 440 g/mol. The summed E-state index contributed by atoms with van der Waals surface area (Å²) >= 11 is 5.95. The maximum atomic E-state index is 14.1. The van der Waals surface area contributed by atoms with Crippen LogP contribution in [0.1, 0.15) is 28.5 Å². The Morgan fingerprint density at radius 1 is 1.19 bits per heavy atom. The lowest BCUT2D eigenvalue weighted by molar-refractivity contribution is 0.0524. The zero-order chi connectivity index (χ0) is 22.1. The Hall–Kier alpha value is -3.52. The van der Waals surface area contributed by atoms with Crippen LogP contribution >= 0.6 is 11.6 Å². The number of hydrogen-bond donors (Lipinski definition) is 0. The van der Waals surface area contributed by atoms with E-state index in [-0.39, 0.29) is 29.1 Å². The molecule has 0 unspecified atom stereocenters. The molecule has 0 radical (unpaired) electrons. The molecule has 0 amide bonds. The minimum absolute atomic E-state index is 0.0263. The highest BCUT2D eigenvalue weighted by molar-refractivity contribution is 6.31. The average Bonchev–Trinajstić information content (AvgIpc) is 3.20. The fourth-order valence-electron chi connectivity index (χ4n) is 3.24. The predicted octanol–water partition coefficient (Wildman–Crippen LogP) is 3.91. The number of aromatic nitrogens is 4. The maximum absolute atomic E-state index is 14.1. The number of hydrogen-bond acceptors (Lipinski definition) is 5. The number of nitrogens with zero attached hydrogens (tertiary/aromatic N) is 4. The molecule has 2 aromatic heterocycles. The van der Waals surface area contributed by atoms with Crippen molar-refractivity contribution in [2.75, 3.05) is 6.61 Å². The van der Waals surface area contributed by atoms with Gasteiger partial charge in [-0.1, -0.05) is 34.5 Å². The van der Waals surface area contributed by atoms with Crippen LogP contribution in [-0.2, 0) is 11.3 Å². The van der Waals surface area contributed by atoms with Crippen LogP contribution < -0.4 is 5.43 Å². The van der Waals surface area contributed by atoms with E-state index in [4.69, 9.17) is 16.3 Å². The summed E-state index contributed by atoms with van der Waals surface area (Å²) in [5, 5.41) is 8.22. The van der Waals surface area contributed by atoms with Crippen LogP contribution in [0.5, 0.6) is 0 Å². The fraction of sp³-hybridized carbons (Fsp3) is 0.182. The van der Waals surface area contributed by atoms with Crippen LogP contribution in [0.15, 0.2) is 53.6 Å². The van der Waals surface area contributed by atoms with Crippen molar-refractivity contribution in [3.63, 3.8) is 0 Å². The van der Waals surface area contributed by atoms with Crippen LogP contribution in [0.4, 0.5) is 4.39 Å². The second-order valence-corrected chi connectivity index (χ2v) is 7.40. The van der Waals surface area contributed by atoms with E-state index in [0.717, 1.165) is 17.3 Å². The van der Waals surface area contributed by atoms with E-state index in [1.54, 1.807) is 22.4 Å². The molecular weight excluding hydrogens is 423 g/mol. The summed E-state index contributed by atoms with van der Waals surface area (Å²) in [6.45, 7) is 3.92. The molecule has 0 spiro atoms. The fourth-order valence-corrected chi connectivity index (χ4v) is 3.40. The maximum Gasteiger partial charge on any atom is 0.343 e. The van der Waals surface area contributed by atoms with Gasteiger partial charge < -0.3 is 9.30 Å². The van der Waals surface area contributed by atoms with Gasteiger partial charge in [-0.2, -0.15) is 0 Å². The van der Waals surface area contributed by atoms with Gasteiger partial charge in [0.05, 0.1) is 35.6 Å².